The van der Waals surface area contributed by atoms with Crippen molar-refractivity contribution in [2.75, 3.05) is 19.1 Å². The van der Waals surface area contributed by atoms with Crippen molar-refractivity contribution in [2.45, 2.75) is 44.2 Å². The molecule has 1 fully saturated rings. The van der Waals surface area contributed by atoms with Crippen molar-refractivity contribution < 1.29 is 14.6 Å². The predicted molar refractivity (Wildman–Crippen MR) is 137 cm³/mol. The van der Waals surface area contributed by atoms with Gasteiger partial charge in [0.1, 0.15) is 17.3 Å². The fourth-order valence-corrected chi connectivity index (χ4v) is 5.49. The number of carboxylic acid groups (broad SMARTS) is 1. The second-order valence-corrected chi connectivity index (χ2v) is 10.1. The molecular formula is C27H33N3O3S. The van der Waals surface area contributed by atoms with E-state index < -0.39 is 5.97 Å². The lowest BCUT2D eigenvalue weighted by molar-refractivity contribution is -0.142. The molecule has 1 aromatic heterocycles. The van der Waals surface area contributed by atoms with Gasteiger partial charge in [-0.2, -0.15) is 5.10 Å². The smallest absolute Gasteiger partial charge is 0.329 e. The number of aliphatic carboxylic acids is 1. The van der Waals surface area contributed by atoms with Crippen LogP contribution in [0.4, 0.5) is 0 Å². The zero-order chi connectivity index (χ0) is 23.9. The van der Waals surface area contributed by atoms with Gasteiger partial charge in [0.15, 0.2) is 0 Å². The number of aromatic nitrogens is 2. The van der Waals surface area contributed by atoms with E-state index in [9.17, 15) is 4.79 Å². The number of rotatable bonds is 10. The van der Waals surface area contributed by atoms with Crippen molar-refractivity contribution in [2.24, 2.45) is 17.6 Å². The molecule has 3 N–H and O–H groups in total. The number of nitrogens with two attached hydrogens (primary N) is 1. The molecule has 3 aromatic rings. The van der Waals surface area contributed by atoms with E-state index in [0.29, 0.717) is 24.3 Å². The second-order valence-electron chi connectivity index (χ2n) is 9.05. The van der Waals surface area contributed by atoms with Gasteiger partial charge in [0, 0.05) is 23.5 Å². The van der Waals surface area contributed by atoms with E-state index >= 15 is 0 Å². The van der Waals surface area contributed by atoms with Crippen molar-refractivity contribution in [3.05, 3.63) is 60.2 Å². The number of thioether (sulfide) groups is 1. The van der Waals surface area contributed by atoms with E-state index in [4.69, 9.17) is 20.7 Å². The normalized spacial score (nSPS) is 18.2. The van der Waals surface area contributed by atoms with Crippen LogP contribution in [-0.2, 0) is 16.1 Å². The maximum absolute atomic E-state index is 10.7. The fourth-order valence-electron chi connectivity index (χ4n) is 4.71. The van der Waals surface area contributed by atoms with Crippen LogP contribution in [0.1, 0.15) is 31.2 Å². The fraction of sp³-hybridized carbons (Fsp3) is 0.407. The molecule has 1 saturated carbocycles. The topological polar surface area (TPSA) is 90.4 Å². The Labute approximate surface area is 205 Å². The molecule has 0 saturated heterocycles. The summed E-state index contributed by atoms with van der Waals surface area (Å²) in [6, 6.07) is 19.0. The molecule has 0 spiro atoms. The third kappa shape index (κ3) is 6.09. The van der Waals surface area contributed by atoms with Crippen LogP contribution in [0.2, 0.25) is 0 Å². The summed E-state index contributed by atoms with van der Waals surface area (Å²) in [5, 5.41) is 15.0. The Morgan fingerprint density at radius 1 is 1.06 bits per heavy atom. The molecular weight excluding hydrogens is 446 g/mol. The summed E-state index contributed by atoms with van der Waals surface area (Å²) in [5.41, 5.74) is 11.7. The molecule has 34 heavy (non-hydrogen) atoms. The summed E-state index contributed by atoms with van der Waals surface area (Å²) in [7, 11) is 0. The minimum absolute atomic E-state index is 0.211. The number of carboxylic acids is 1. The molecule has 0 unspecified atom stereocenters. The first kappa shape index (κ1) is 24.5. The van der Waals surface area contributed by atoms with Crippen LogP contribution in [0.25, 0.3) is 22.4 Å². The third-order valence-electron chi connectivity index (χ3n) is 6.49. The summed E-state index contributed by atoms with van der Waals surface area (Å²) in [6.45, 7) is 3.28. The first-order valence-corrected chi connectivity index (χ1v) is 12.9. The number of hydrogen-bond donors (Lipinski definition) is 2. The number of hydrogen-bond acceptors (Lipinski definition) is 5. The van der Waals surface area contributed by atoms with Crippen LogP contribution in [0.15, 0.2) is 59.6 Å². The summed E-state index contributed by atoms with van der Waals surface area (Å²) >= 11 is 1.65. The number of carbonyl (C=O) groups is 1. The lowest BCUT2D eigenvalue weighted by atomic mass is 9.82. The van der Waals surface area contributed by atoms with Crippen LogP contribution in [0.3, 0.4) is 0 Å². The zero-order valence-electron chi connectivity index (χ0n) is 19.7. The highest BCUT2D eigenvalue weighted by molar-refractivity contribution is 7.99. The molecule has 0 aliphatic heterocycles. The van der Waals surface area contributed by atoms with Gasteiger partial charge in [-0.15, -0.1) is 0 Å². The summed E-state index contributed by atoms with van der Waals surface area (Å²) in [4.78, 5) is 10.7. The van der Waals surface area contributed by atoms with Crippen molar-refractivity contribution in [3.63, 3.8) is 0 Å². The Kier molecular flexibility index (Phi) is 8.43. The quantitative estimate of drug-likeness (QED) is 0.297. The summed E-state index contributed by atoms with van der Waals surface area (Å²) < 4.78 is 7.50. The molecule has 7 heteroatoms. The van der Waals surface area contributed by atoms with Gasteiger partial charge in [-0.1, -0.05) is 71.9 Å². The standard InChI is InChI=1S/C27H33N3O3S/c1-19-7-13-23(14-8-19)26-25(22-5-3-2-4-6-22)27(34-18-28)30(29-26)15-20-9-11-21(12-10-20)16-33-17-24(31)32/h2-8,13-14,20-21H,9-12,15-18,28H2,1H3,(H,31,32). The summed E-state index contributed by atoms with van der Waals surface area (Å²) in [6.07, 6.45) is 4.30. The lowest BCUT2D eigenvalue weighted by Crippen LogP contribution is -2.23. The van der Waals surface area contributed by atoms with Crippen LogP contribution in [0, 0.1) is 18.8 Å². The summed E-state index contributed by atoms with van der Waals surface area (Å²) in [5.74, 6) is 0.555. The predicted octanol–water partition coefficient (Wildman–Crippen LogP) is 5.44. The van der Waals surface area contributed by atoms with Gasteiger partial charge in [0.2, 0.25) is 0 Å². The monoisotopic (exact) mass is 479 g/mol. The second kappa shape index (κ2) is 11.7. The van der Waals surface area contributed by atoms with Gasteiger partial charge in [-0.3, -0.25) is 4.68 Å². The molecule has 0 atom stereocenters. The minimum atomic E-state index is -0.907. The molecule has 0 bridgehead atoms. The van der Waals surface area contributed by atoms with Gasteiger partial charge in [0.05, 0.1) is 6.61 Å². The highest BCUT2D eigenvalue weighted by atomic mass is 32.2. The maximum Gasteiger partial charge on any atom is 0.329 e. The number of benzene rings is 2. The Hall–Kier alpha value is -2.61. The molecule has 180 valence electrons. The number of aryl methyl sites for hydroxylation is 1. The van der Waals surface area contributed by atoms with Crippen molar-refractivity contribution >= 4 is 17.7 Å². The van der Waals surface area contributed by atoms with Crippen LogP contribution >= 0.6 is 11.8 Å². The van der Waals surface area contributed by atoms with E-state index in [-0.39, 0.29) is 6.61 Å². The highest BCUT2D eigenvalue weighted by Gasteiger charge is 2.26. The maximum atomic E-state index is 10.7. The third-order valence-corrected chi connectivity index (χ3v) is 7.34. The van der Waals surface area contributed by atoms with E-state index in [1.165, 1.54) is 5.56 Å². The Balaban J connectivity index is 1.58. The molecule has 4 rings (SSSR count). The molecule has 6 nitrogen and oxygen atoms in total. The zero-order valence-corrected chi connectivity index (χ0v) is 20.5. The van der Waals surface area contributed by atoms with Gasteiger partial charge in [-0.05, 0) is 50.0 Å². The molecule has 1 heterocycles. The van der Waals surface area contributed by atoms with E-state index in [1.54, 1.807) is 11.8 Å². The molecule has 2 aromatic carbocycles. The number of ether oxygens (including phenoxy) is 1. The molecule has 0 amide bonds. The Morgan fingerprint density at radius 3 is 2.38 bits per heavy atom. The Morgan fingerprint density at radius 2 is 1.74 bits per heavy atom. The minimum Gasteiger partial charge on any atom is -0.480 e. The van der Waals surface area contributed by atoms with Crippen molar-refractivity contribution in [1.29, 1.82) is 0 Å². The van der Waals surface area contributed by atoms with Gasteiger partial charge >= 0.3 is 5.97 Å². The average molecular weight is 480 g/mol. The van der Waals surface area contributed by atoms with Crippen LogP contribution < -0.4 is 5.73 Å². The van der Waals surface area contributed by atoms with Gasteiger partial charge in [-0.25, -0.2) is 4.79 Å². The van der Waals surface area contributed by atoms with Crippen molar-refractivity contribution in [3.8, 4) is 22.4 Å². The first-order valence-electron chi connectivity index (χ1n) is 11.9. The van der Waals surface area contributed by atoms with Gasteiger partial charge < -0.3 is 15.6 Å². The van der Waals surface area contributed by atoms with E-state index in [2.05, 4.69) is 60.1 Å². The van der Waals surface area contributed by atoms with E-state index in [0.717, 1.165) is 59.6 Å². The largest absolute Gasteiger partial charge is 0.480 e. The van der Waals surface area contributed by atoms with Crippen LogP contribution in [-0.4, -0.2) is 39.9 Å². The lowest BCUT2D eigenvalue weighted by Gasteiger charge is -2.28. The average Bonchev–Trinajstić information content (AvgIpc) is 3.19. The molecule has 1 aliphatic rings. The van der Waals surface area contributed by atoms with Crippen LogP contribution in [0.5, 0.6) is 0 Å². The molecule has 0 radical (unpaired) electrons. The van der Waals surface area contributed by atoms with Gasteiger partial charge in [0.25, 0.3) is 0 Å². The number of nitrogens with zero attached hydrogens (tertiary/aromatic N) is 2. The van der Waals surface area contributed by atoms with Crippen molar-refractivity contribution in [1.82, 2.24) is 9.78 Å². The highest BCUT2D eigenvalue weighted by Crippen LogP contribution is 2.40. The first-order chi connectivity index (χ1) is 16.5. The van der Waals surface area contributed by atoms with E-state index in [1.807, 2.05) is 6.07 Å². The SMILES string of the molecule is Cc1ccc(-c2nn(CC3CCC(COCC(=O)O)CC3)c(SCN)c2-c2ccccc2)cc1. The Bertz CT molecular complexity index is 1070. The molecule has 1 aliphatic carbocycles.